The lowest BCUT2D eigenvalue weighted by Gasteiger charge is -2.35. The molecule has 2 rings (SSSR count). The molecule has 0 aromatic heterocycles. The second-order valence-corrected chi connectivity index (χ2v) is 5.51. The van der Waals surface area contributed by atoms with Crippen LogP contribution in [0.2, 0.25) is 0 Å². The van der Waals surface area contributed by atoms with Gasteiger partial charge in [-0.25, -0.2) is 5.48 Å². The molecule has 0 saturated carbocycles. The molecule has 5 nitrogen and oxygen atoms in total. The highest BCUT2D eigenvalue weighted by molar-refractivity contribution is 5.93. The van der Waals surface area contributed by atoms with Gasteiger partial charge in [0.05, 0.1) is 18.8 Å². The average molecular weight is 292 g/mol. The predicted octanol–water partition coefficient (Wildman–Crippen LogP) is 1.98. The Bertz CT molecular complexity index is 451. The molecular formula is C16H24N2O3. The summed E-state index contributed by atoms with van der Waals surface area (Å²) in [5.74, 6) is -0.211. The number of hydroxylamine groups is 1. The molecule has 1 amide bonds. The quantitative estimate of drug-likeness (QED) is 0.843. The van der Waals surface area contributed by atoms with Gasteiger partial charge in [-0.3, -0.25) is 14.5 Å². The number of hydrogen-bond donors (Lipinski definition) is 1. The van der Waals surface area contributed by atoms with E-state index in [0.29, 0.717) is 12.2 Å². The number of ether oxygens (including phenoxy) is 1. The summed E-state index contributed by atoms with van der Waals surface area (Å²) in [6.45, 7) is 9.25. The van der Waals surface area contributed by atoms with Gasteiger partial charge in [-0.15, -0.1) is 0 Å². The summed E-state index contributed by atoms with van der Waals surface area (Å²) >= 11 is 0. The molecular weight excluding hydrogens is 268 g/mol. The Morgan fingerprint density at radius 2 is 1.90 bits per heavy atom. The number of carbonyl (C=O) groups excluding carboxylic acids is 1. The van der Waals surface area contributed by atoms with Gasteiger partial charge in [-0.05, 0) is 38.5 Å². The molecule has 5 heteroatoms. The normalized spacial score (nSPS) is 23.0. The third-order valence-corrected chi connectivity index (χ3v) is 3.43. The fourth-order valence-electron chi connectivity index (χ4n) is 2.63. The molecule has 1 aliphatic heterocycles. The van der Waals surface area contributed by atoms with Crippen LogP contribution in [-0.4, -0.2) is 42.7 Å². The highest BCUT2D eigenvalue weighted by Gasteiger charge is 2.21. The van der Waals surface area contributed by atoms with Crippen LogP contribution in [0.15, 0.2) is 24.3 Å². The third kappa shape index (κ3) is 4.81. The van der Waals surface area contributed by atoms with Crippen LogP contribution >= 0.6 is 0 Å². The molecule has 0 bridgehead atoms. The van der Waals surface area contributed by atoms with Crippen LogP contribution in [0.1, 0.15) is 36.7 Å². The van der Waals surface area contributed by atoms with E-state index in [9.17, 15) is 4.79 Å². The van der Waals surface area contributed by atoms with E-state index in [4.69, 9.17) is 9.57 Å². The Labute approximate surface area is 126 Å². The summed E-state index contributed by atoms with van der Waals surface area (Å²) in [4.78, 5) is 19.0. The number of nitrogens with one attached hydrogen (secondary N) is 1. The van der Waals surface area contributed by atoms with E-state index in [1.165, 1.54) is 5.56 Å². The first-order chi connectivity index (χ1) is 10.1. The summed E-state index contributed by atoms with van der Waals surface area (Å²) in [5.41, 5.74) is 4.20. The zero-order valence-corrected chi connectivity index (χ0v) is 13.0. The van der Waals surface area contributed by atoms with Crippen LogP contribution in [0.3, 0.4) is 0 Å². The number of amides is 1. The number of carbonyl (C=O) groups is 1. The van der Waals surface area contributed by atoms with Gasteiger partial charge in [0.1, 0.15) is 0 Å². The number of benzene rings is 1. The number of rotatable bonds is 5. The van der Waals surface area contributed by atoms with Gasteiger partial charge >= 0.3 is 0 Å². The molecule has 116 valence electrons. The van der Waals surface area contributed by atoms with E-state index in [1.807, 2.05) is 31.2 Å². The maximum absolute atomic E-state index is 11.7. The molecule has 0 spiro atoms. The zero-order valence-electron chi connectivity index (χ0n) is 13.0. The molecule has 1 saturated heterocycles. The Hall–Kier alpha value is -1.43. The second kappa shape index (κ2) is 7.54. The van der Waals surface area contributed by atoms with Crippen molar-refractivity contribution in [2.45, 2.75) is 39.5 Å². The van der Waals surface area contributed by atoms with Gasteiger partial charge in [0.25, 0.3) is 5.91 Å². The van der Waals surface area contributed by atoms with Gasteiger partial charge in [0.2, 0.25) is 0 Å². The molecule has 1 aromatic carbocycles. The van der Waals surface area contributed by atoms with Crippen LogP contribution < -0.4 is 5.48 Å². The summed E-state index contributed by atoms with van der Waals surface area (Å²) in [6, 6.07) is 7.64. The van der Waals surface area contributed by atoms with E-state index in [0.717, 1.165) is 19.6 Å². The van der Waals surface area contributed by atoms with Crippen molar-refractivity contribution in [1.82, 2.24) is 10.4 Å². The molecule has 1 aliphatic rings. The van der Waals surface area contributed by atoms with Crippen molar-refractivity contribution in [2.75, 3.05) is 19.7 Å². The minimum Gasteiger partial charge on any atom is -0.373 e. The highest BCUT2D eigenvalue weighted by atomic mass is 16.6. The Morgan fingerprint density at radius 3 is 2.48 bits per heavy atom. The molecule has 21 heavy (non-hydrogen) atoms. The van der Waals surface area contributed by atoms with Crippen molar-refractivity contribution < 1.29 is 14.4 Å². The monoisotopic (exact) mass is 292 g/mol. The lowest BCUT2D eigenvalue weighted by atomic mass is 10.1. The van der Waals surface area contributed by atoms with Gasteiger partial charge in [0.15, 0.2) is 0 Å². The average Bonchev–Trinajstić information content (AvgIpc) is 2.44. The number of hydrogen-bond acceptors (Lipinski definition) is 4. The lowest BCUT2D eigenvalue weighted by molar-refractivity contribution is -0.0704. The number of nitrogens with zero attached hydrogens (tertiary/aromatic N) is 1. The standard InChI is InChI=1S/C16H24N2O3/c1-4-20-17-16(19)15-7-5-14(6-8-15)11-18-9-12(2)21-13(3)10-18/h5-8,12-13H,4,9-11H2,1-3H3,(H,17,19). The van der Waals surface area contributed by atoms with Crippen LogP contribution in [-0.2, 0) is 16.1 Å². The van der Waals surface area contributed by atoms with Crippen LogP contribution in [0.5, 0.6) is 0 Å². The third-order valence-electron chi connectivity index (χ3n) is 3.43. The Morgan fingerprint density at radius 1 is 1.29 bits per heavy atom. The maximum Gasteiger partial charge on any atom is 0.274 e. The topological polar surface area (TPSA) is 50.8 Å². The summed E-state index contributed by atoms with van der Waals surface area (Å²) in [5, 5.41) is 0. The van der Waals surface area contributed by atoms with E-state index in [-0.39, 0.29) is 18.1 Å². The van der Waals surface area contributed by atoms with Crippen LogP contribution in [0.25, 0.3) is 0 Å². The Kier molecular flexibility index (Phi) is 5.73. The van der Waals surface area contributed by atoms with E-state index in [2.05, 4.69) is 24.2 Å². The molecule has 1 aromatic rings. The number of morpholine rings is 1. The molecule has 0 radical (unpaired) electrons. The minimum atomic E-state index is -0.211. The van der Waals surface area contributed by atoms with Crippen molar-refractivity contribution in [3.63, 3.8) is 0 Å². The van der Waals surface area contributed by atoms with Crippen molar-refractivity contribution >= 4 is 5.91 Å². The predicted molar refractivity (Wildman–Crippen MR) is 80.8 cm³/mol. The van der Waals surface area contributed by atoms with E-state index in [1.54, 1.807) is 0 Å². The second-order valence-electron chi connectivity index (χ2n) is 5.51. The minimum absolute atomic E-state index is 0.211. The van der Waals surface area contributed by atoms with Gasteiger partial charge in [-0.1, -0.05) is 12.1 Å². The first-order valence-corrected chi connectivity index (χ1v) is 7.47. The molecule has 2 atom stereocenters. The first-order valence-electron chi connectivity index (χ1n) is 7.47. The van der Waals surface area contributed by atoms with Crippen molar-refractivity contribution in [3.8, 4) is 0 Å². The van der Waals surface area contributed by atoms with Crippen molar-refractivity contribution in [1.29, 1.82) is 0 Å². The molecule has 1 fully saturated rings. The van der Waals surface area contributed by atoms with Gasteiger partial charge in [-0.2, -0.15) is 0 Å². The maximum atomic E-state index is 11.7. The summed E-state index contributed by atoms with van der Waals surface area (Å²) in [6.07, 6.45) is 0.537. The van der Waals surface area contributed by atoms with Gasteiger partial charge in [0, 0.05) is 25.2 Å². The summed E-state index contributed by atoms with van der Waals surface area (Å²) < 4.78 is 5.73. The summed E-state index contributed by atoms with van der Waals surface area (Å²) in [7, 11) is 0. The fourth-order valence-corrected chi connectivity index (χ4v) is 2.63. The molecule has 0 aliphatic carbocycles. The van der Waals surface area contributed by atoms with E-state index < -0.39 is 0 Å². The zero-order chi connectivity index (χ0) is 15.2. The Balaban J connectivity index is 1.91. The van der Waals surface area contributed by atoms with E-state index >= 15 is 0 Å². The van der Waals surface area contributed by atoms with Crippen molar-refractivity contribution in [2.24, 2.45) is 0 Å². The largest absolute Gasteiger partial charge is 0.373 e. The SMILES string of the molecule is CCONC(=O)c1ccc(CN2CC(C)OC(C)C2)cc1. The highest BCUT2D eigenvalue weighted by Crippen LogP contribution is 2.14. The lowest BCUT2D eigenvalue weighted by Crippen LogP contribution is -2.44. The van der Waals surface area contributed by atoms with Crippen LogP contribution in [0.4, 0.5) is 0 Å². The molecule has 2 unspecified atom stereocenters. The van der Waals surface area contributed by atoms with Crippen molar-refractivity contribution in [3.05, 3.63) is 35.4 Å². The fraction of sp³-hybridized carbons (Fsp3) is 0.562. The van der Waals surface area contributed by atoms with Gasteiger partial charge < -0.3 is 4.74 Å². The molecule has 1 heterocycles. The first kappa shape index (κ1) is 15.9. The molecule has 1 N–H and O–H groups in total. The van der Waals surface area contributed by atoms with Crippen LogP contribution in [0, 0.1) is 0 Å². The smallest absolute Gasteiger partial charge is 0.274 e.